The molecular weight excluding hydrogens is 414 g/mol. The summed E-state index contributed by atoms with van der Waals surface area (Å²) in [5.74, 6) is 0.253. The zero-order chi connectivity index (χ0) is 21.8. The highest BCUT2D eigenvalue weighted by Gasteiger charge is 2.17. The van der Waals surface area contributed by atoms with Crippen LogP contribution in [0.4, 0.5) is 0 Å². The number of aliphatic hydroxyl groups excluding tert-OH is 1. The van der Waals surface area contributed by atoms with Gasteiger partial charge >= 0.3 is 0 Å². The molecule has 0 saturated carbocycles. The number of benzene rings is 2. The number of rotatable bonds is 8. The van der Waals surface area contributed by atoms with E-state index in [-0.39, 0.29) is 23.8 Å². The lowest BCUT2D eigenvalue weighted by atomic mass is 10.1. The number of carbonyl (C=O) groups is 1. The lowest BCUT2D eigenvalue weighted by molar-refractivity contribution is -0.119. The van der Waals surface area contributed by atoms with Gasteiger partial charge in [-0.05, 0) is 17.7 Å². The Hall–Kier alpha value is -3.43. The summed E-state index contributed by atoms with van der Waals surface area (Å²) in [6, 6.07) is 16.4. The molecule has 0 bridgehead atoms. The number of nitrogens with zero attached hydrogens (tertiary/aromatic N) is 4. The van der Waals surface area contributed by atoms with Gasteiger partial charge < -0.3 is 10.4 Å². The first-order chi connectivity index (χ1) is 15.1. The van der Waals surface area contributed by atoms with Crippen molar-refractivity contribution in [3.63, 3.8) is 0 Å². The van der Waals surface area contributed by atoms with Crippen molar-refractivity contribution in [3.05, 3.63) is 83.2 Å². The van der Waals surface area contributed by atoms with Crippen LogP contribution in [0, 0.1) is 0 Å². The first-order valence-corrected chi connectivity index (χ1v) is 10.7. The molecule has 4 aromatic rings. The highest BCUT2D eigenvalue weighted by Crippen LogP contribution is 2.21. The van der Waals surface area contributed by atoms with E-state index in [0.29, 0.717) is 28.4 Å². The summed E-state index contributed by atoms with van der Waals surface area (Å²) in [4.78, 5) is 25.1. The van der Waals surface area contributed by atoms with Gasteiger partial charge in [-0.25, -0.2) is 0 Å². The number of hydrogen-bond donors (Lipinski definition) is 2. The third kappa shape index (κ3) is 4.23. The maximum Gasteiger partial charge on any atom is 0.263 e. The molecule has 2 heterocycles. The first kappa shape index (κ1) is 20.8. The number of fused-ring (bicyclic) bond motifs is 3. The molecule has 0 aliphatic carbocycles. The van der Waals surface area contributed by atoms with E-state index in [0.717, 1.165) is 5.56 Å². The van der Waals surface area contributed by atoms with Crippen LogP contribution < -0.4 is 10.9 Å². The molecule has 9 heteroatoms. The van der Waals surface area contributed by atoms with E-state index in [1.54, 1.807) is 22.6 Å². The minimum Gasteiger partial charge on any atom is -0.387 e. The second kappa shape index (κ2) is 9.15. The van der Waals surface area contributed by atoms with Crippen molar-refractivity contribution in [1.29, 1.82) is 0 Å². The average molecular weight is 436 g/mol. The van der Waals surface area contributed by atoms with Gasteiger partial charge in [0.1, 0.15) is 0 Å². The van der Waals surface area contributed by atoms with Crippen molar-refractivity contribution < 1.29 is 9.90 Å². The number of allylic oxidation sites excluding steroid dienone is 1. The second-order valence-electron chi connectivity index (χ2n) is 6.86. The molecule has 158 valence electrons. The van der Waals surface area contributed by atoms with Gasteiger partial charge in [-0.15, -0.1) is 16.8 Å². The van der Waals surface area contributed by atoms with E-state index in [2.05, 4.69) is 22.1 Å². The normalized spacial score (nSPS) is 12.2. The molecule has 1 atom stereocenters. The van der Waals surface area contributed by atoms with Crippen LogP contribution in [0.25, 0.3) is 16.7 Å². The second-order valence-corrected chi connectivity index (χ2v) is 7.80. The summed E-state index contributed by atoms with van der Waals surface area (Å²) >= 11 is 1.21. The minimum absolute atomic E-state index is 0.0945. The molecule has 2 aromatic heterocycles. The standard InChI is InChI=1S/C22H21N5O3S/c1-2-12-26-20(30)16-10-6-7-11-17(16)27-21(26)24-25-22(27)31-14-19(29)23-13-18(28)15-8-4-3-5-9-15/h2-11,18,28H,1,12-14H2,(H,23,29). The molecule has 31 heavy (non-hydrogen) atoms. The van der Waals surface area contributed by atoms with E-state index in [1.807, 2.05) is 42.5 Å². The summed E-state index contributed by atoms with van der Waals surface area (Å²) in [5, 5.41) is 22.3. The third-order valence-corrected chi connectivity index (χ3v) is 5.73. The summed E-state index contributed by atoms with van der Waals surface area (Å²) in [6.07, 6.45) is 0.852. The number of carbonyl (C=O) groups excluding carboxylic acids is 1. The zero-order valence-corrected chi connectivity index (χ0v) is 17.5. The Bertz CT molecular complexity index is 1300. The van der Waals surface area contributed by atoms with E-state index in [1.165, 1.54) is 16.3 Å². The molecule has 0 fully saturated rings. The number of nitrogens with one attached hydrogen (secondary N) is 1. The molecule has 0 radical (unpaired) electrons. The van der Waals surface area contributed by atoms with Crippen molar-refractivity contribution in [3.8, 4) is 0 Å². The minimum atomic E-state index is -0.777. The average Bonchev–Trinajstić information content (AvgIpc) is 3.23. The maximum absolute atomic E-state index is 12.8. The first-order valence-electron chi connectivity index (χ1n) is 9.70. The van der Waals surface area contributed by atoms with Gasteiger partial charge in [-0.1, -0.05) is 60.3 Å². The fourth-order valence-electron chi connectivity index (χ4n) is 3.31. The summed E-state index contributed by atoms with van der Waals surface area (Å²) < 4.78 is 3.28. The molecule has 4 rings (SSSR count). The summed E-state index contributed by atoms with van der Waals surface area (Å²) in [5.41, 5.74) is 1.25. The van der Waals surface area contributed by atoms with Crippen LogP contribution in [0.1, 0.15) is 11.7 Å². The van der Waals surface area contributed by atoms with Crippen LogP contribution >= 0.6 is 11.8 Å². The number of aliphatic hydroxyl groups is 1. The Morgan fingerprint density at radius 3 is 2.68 bits per heavy atom. The van der Waals surface area contributed by atoms with Crippen molar-refractivity contribution in [2.75, 3.05) is 12.3 Å². The Balaban J connectivity index is 1.53. The van der Waals surface area contributed by atoms with Gasteiger partial charge in [-0.2, -0.15) is 0 Å². The highest BCUT2D eigenvalue weighted by molar-refractivity contribution is 7.99. The van der Waals surface area contributed by atoms with Gasteiger partial charge in [0.2, 0.25) is 11.7 Å². The monoisotopic (exact) mass is 435 g/mol. The van der Waals surface area contributed by atoms with Gasteiger partial charge in [-0.3, -0.25) is 18.6 Å². The lowest BCUT2D eigenvalue weighted by Gasteiger charge is -2.12. The molecular formula is C22H21N5O3S. The molecule has 0 aliphatic heterocycles. The van der Waals surface area contributed by atoms with Crippen molar-refractivity contribution >= 4 is 34.3 Å². The van der Waals surface area contributed by atoms with E-state index < -0.39 is 6.10 Å². The van der Waals surface area contributed by atoms with Gasteiger partial charge in [0.25, 0.3) is 5.56 Å². The van der Waals surface area contributed by atoms with Crippen LogP contribution in [0.5, 0.6) is 0 Å². The fourth-order valence-corrected chi connectivity index (χ4v) is 4.08. The van der Waals surface area contributed by atoms with E-state index in [4.69, 9.17) is 0 Å². The van der Waals surface area contributed by atoms with Gasteiger partial charge in [0.15, 0.2) is 5.16 Å². The highest BCUT2D eigenvalue weighted by atomic mass is 32.2. The molecule has 1 unspecified atom stereocenters. The Morgan fingerprint density at radius 2 is 1.90 bits per heavy atom. The predicted molar refractivity (Wildman–Crippen MR) is 120 cm³/mol. The fraction of sp³-hybridized carbons (Fsp3) is 0.182. The molecule has 0 aliphatic rings. The smallest absolute Gasteiger partial charge is 0.263 e. The quantitative estimate of drug-likeness (QED) is 0.325. The number of thioether (sulfide) groups is 1. The molecule has 2 aromatic carbocycles. The molecule has 8 nitrogen and oxygen atoms in total. The van der Waals surface area contributed by atoms with Crippen LogP contribution in [-0.2, 0) is 11.3 Å². The number of amides is 1. The lowest BCUT2D eigenvalue weighted by Crippen LogP contribution is -2.29. The summed E-state index contributed by atoms with van der Waals surface area (Å²) in [6.45, 7) is 4.13. The zero-order valence-electron chi connectivity index (χ0n) is 16.6. The van der Waals surface area contributed by atoms with Crippen LogP contribution in [0.15, 0.2) is 77.2 Å². The molecule has 1 amide bonds. The van der Waals surface area contributed by atoms with E-state index >= 15 is 0 Å². The van der Waals surface area contributed by atoms with E-state index in [9.17, 15) is 14.7 Å². The van der Waals surface area contributed by atoms with Crippen molar-refractivity contribution in [2.45, 2.75) is 17.8 Å². The summed E-state index contributed by atoms with van der Waals surface area (Å²) in [7, 11) is 0. The largest absolute Gasteiger partial charge is 0.387 e. The number of para-hydroxylation sites is 1. The topological polar surface area (TPSA) is 102 Å². The number of aromatic nitrogens is 4. The van der Waals surface area contributed by atoms with Crippen molar-refractivity contribution in [1.82, 2.24) is 24.5 Å². The van der Waals surface area contributed by atoms with Crippen LogP contribution in [-0.4, -0.2) is 42.5 Å². The van der Waals surface area contributed by atoms with Crippen molar-refractivity contribution in [2.24, 2.45) is 0 Å². The predicted octanol–water partition coefficient (Wildman–Crippen LogP) is 2.17. The molecule has 2 N–H and O–H groups in total. The Kier molecular flexibility index (Phi) is 6.15. The molecule has 0 saturated heterocycles. The Morgan fingerprint density at radius 1 is 1.16 bits per heavy atom. The van der Waals surface area contributed by atoms with Crippen LogP contribution in [0.3, 0.4) is 0 Å². The van der Waals surface area contributed by atoms with Gasteiger partial charge in [0, 0.05) is 13.1 Å². The maximum atomic E-state index is 12.8. The van der Waals surface area contributed by atoms with Crippen LogP contribution in [0.2, 0.25) is 0 Å². The third-order valence-electron chi connectivity index (χ3n) is 4.80. The molecule has 0 spiro atoms. The van der Waals surface area contributed by atoms with Gasteiger partial charge in [0.05, 0.1) is 22.8 Å². The SMILES string of the molecule is C=CCn1c(=O)c2ccccc2n2c(SCC(=O)NCC(O)c3ccccc3)nnc12. The number of hydrogen-bond acceptors (Lipinski definition) is 6. The Labute approximate surface area is 182 Å².